The van der Waals surface area contributed by atoms with E-state index in [4.69, 9.17) is 14.9 Å². The van der Waals surface area contributed by atoms with E-state index >= 15 is 0 Å². The highest BCUT2D eigenvalue weighted by atomic mass is 16.6. The highest BCUT2D eigenvalue weighted by Gasteiger charge is 2.07. The fourth-order valence-electron chi connectivity index (χ4n) is 1.75. The molecule has 0 aliphatic heterocycles. The first-order chi connectivity index (χ1) is 9.54. The van der Waals surface area contributed by atoms with Gasteiger partial charge < -0.3 is 14.9 Å². The molecule has 0 radical (unpaired) electrons. The summed E-state index contributed by atoms with van der Waals surface area (Å²) in [5.41, 5.74) is 5.73. The lowest BCUT2D eigenvalue weighted by atomic mass is 10.2. The van der Waals surface area contributed by atoms with Crippen LogP contribution in [0.3, 0.4) is 0 Å². The lowest BCUT2D eigenvalue weighted by Crippen LogP contribution is -2.17. The number of non-ortho nitro benzene ring substituents is 1. The van der Waals surface area contributed by atoms with Crippen molar-refractivity contribution in [2.24, 2.45) is 5.73 Å². The van der Waals surface area contributed by atoms with E-state index in [0.717, 1.165) is 5.76 Å². The van der Waals surface area contributed by atoms with Crippen LogP contribution in [0.1, 0.15) is 18.4 Å². The van der Waals surface area contributed by atoms with E-state index in [2.05, 4.69) is 0 Å². The van der Waals surface area contributed by atoms with Crippen molar-refractivity contribution in [3.05, 3.63) is 58.0 Å². The summed E-state index contributed by atoms with van der Waals surface area (Å²) in [6, 6.07) is 9.68. The Bertz CT molecular complexity index is 575. The highest BCUT2D eigenvalue weighted by Crippen LogP contribution is 2.19. The molecule has 0 fully saturated rings. The second-order valence-electron chi connectivity index (χ2n) is 4.59. The number of hydrogen-bond acceptors (Lipinski definition) is 5. The number of nitrogens with two attached hydrogens (primary N) is 1. The Kier molecular flexibility index (Phi) is 4.37. The molecule has 1 unspecified atom stereocenters. The molecule has 1 heterocycles. The van der Waals surface area contributed by atoms with Gasteiger partial charge in [-0.3, -0.25) is 10.1 Å². The third kappa shape index (κ3) is 3.83. The van der Waals surface area contributed by atoms with Crippen molar-refractivity contribution >= 4 is 5.69 Å². The first-order valence-electron chi connectivity index (χ1n) is 6.25. The summed E-state index contributed by atoms with van der Waals surface area (Å²) in [4.78, 5) is 10.1. The average Bonchev–Trinajstić information content (AvgIpc) is 2.83. The van der Waals surface area contributed by atoms with Gasteiger partial charge in [-0.25, -0.2) is 0 Å². The van der Waals surface area contributed by atoms with Crippen molar-refractivity contribution in [1.82, 2.24) is 0 Å². The minimum Gasteiger partial charge on any atom is -0.486 e. The molecule has 0 bridgehead atoms. The minimum atomic E-state index is -0.448. The van der Waals surface area contributed by atoms with Crippen molar-refractivity contribution in [3.63, 3.8) is 0 Å². The van der Waals surface area contributed by atoms with E-state index in [1.165, 1.54) is 12.1 Å². The largest absolute Gasteiger partial charge is 0.486 e. The monoisotopic (exact) mass is 276 g/mol. The van der Waals surface area contributed by atoms with Crippen molar-refractivity contribution in [1.29, 1.82) is 0 Å². The Morgan fingerprint density at radius 2 is 1.90 bits per heavy atom. The molecule has 20 heavy (non-hydrogen) atoms. The molecule has 0 amide bonds. The summed E-state index contributed by atoms with van der Waals surface area (Å²) in [7, 11) is 0. The molecule has 0 saturated heterocycles. The first-order valence-corrected chi connectivity index (χ1v) is 6.25. The van der Waals surface area contributed by atoms with Gasteiger partial charge in [-0.1, -0.05) is 0 Å². The summed E-state index contributed by atoms with van der Waals surface area (Å²) in [5.74, 6) is 2.07. The molecular weight excluding hydrogens is 260 g/mol. The number of nitrogens with zero attached hydrogens (tertiary/aromatic N) is 1. The molecule has 1 aromatic carbocycles. The number of hydrogen-bond donors (Lipinski definition) is 1. The van der Waals surface area contributed by atoms with Gasteiger partial charge in [0.1, 0.15) is 23.9 Å². The average molecular weight is 276 g/mol. The van der Waals surface area contributed by atoms with Crippen molar-refractivity contribution in [3.8, 4) is 5.75 Å². The standard InChI is InChI=1S/C14H16N2O4/c1-10(15)8-13-6-7-14(20-13)9-19-12-4-2-11(3-5-12)16(17)18/h2-7,10H,8-9,15H2,1H3. The van der Waals surface area contributed by atoms with Crippen LogP contribution in [0, 0.1) is 10.1 Å². The Labute approximate surface area is 116 Å². The fourth-order valence-corrected chi connectivity index (χ4v) is 1.75. The lowest BCUT2D eigenvalue weighted by Gasteiger charge is -2.04. The van der Waals surface area contributed by atoms with Gasteiger partial charge in [-0.15, -0.1) is 0 Å². The quantitative estimate of drug-likeness (QED) is 0.646. The van der Waals surface area contributed by atoms with Crippen LogP contribution in [-0.2, 0) is 13.0 Å². The number of ether oxygens (including phenoxy) is 1. The van der Waals surface area contributed by atoms with E-state index < -0.39 is 4.92 Å². The second kappa shape index (κ2) is 6.21. The third-order valence-corrected chi connectivity index (χ3v) is 2.67. The van der Waals surface area contributed by atoms with Crippen LogP contribution in [-0.4, -0.2) is 11.0 Å². The summed E-state index contributed by atoms with van der Waals surface area (Å²) in [6.45, 7) is 2.19. The number of nitro benzene ring substituents is 1. The SMILES string of the molecule is CC(N)Cc1ccc(COc2ccc([N+](=O)[O-])cc2)o1. The van der Waals surface area contributed by atoms with Gasteiger partial charge in [0, 0.05) is 24.6 Å². The van der Waals surface area contributed by atoms with Crippen LogP contribution in [0.4, 0.5) is 5.69 Å². The van der Waals surface area contributed by atoms with Crippen molar-refractivity contribution < 1.29 is 14.1 Å². The summed E-state index contributed by atoms with van der Waals surface area (Å²) in [6.07, 6.45) is 0.678. The van der Waals surface area contributed by atoms with Crippen LogP contribution in [0.25, 0.3) is 0 Å². The predicted octanol–water partition coefficient (Wildman–Crippen LogP) is 2.66. The fraction of sp³-hybridized carbons (Fsp3) is 0.286. The molecule has 0 saturated carbocycles. The highest BCUT2D eigenvalue weighted by molar-refractivity contribution is 5.36. The van der Waals surface area contributed by atoms with Crippen LogP contribution in [0.15, 0.2) is 40.8 Å². The van der Waals surface area contributed by atoms with Crippen LogP contribution in [0.5, 0.6) is 5.75 Å². The molecule has 0 aliphatic carbocycles. The number of nitro groups is 1. The van der Waals surface area contributed by atoms with Crippen LogP contribution < -0.4 is 10.5 Å². The lowest BCUT2D eigenvalue weighted by molar-refractivity contribution is -0.384. The zero-order valence-corrected chi connectivity index (χ0v) is 11.1. The molecule has 2 aromatic rings. The maximum atomic E-state index is 10.5. The minimum absolute atomic E-state index is 0.0366. The number of furan rings is 1. The van der Waals surface area contributed by atoms with Gasteiger partial charge in [0.05, 0.1) is 4.92 Å². The van der Waals surface area contributed by atoms with E-state index in [0.29, 0.717) is 17.9 Å². The summed E-state index contributed by atoms with van der Waals surface area (Å²) >= 11 is 0. The first kappa shape index (κ1) is 14.1. The third-order valence-electron chi connectivity index (χ3n) is 2.67. The molecule has 0 spiro atoms. The summed E-state index contributed by atoms with van der Waals surface area (Å²) in [5, 5.41) is 10.5. The second-order valence-corrected chi connectivity index (χ2v) is 4.59. The van der Waals surface area contributed by atoms with Gasteiger partial charge >= 0.3 is 0 Å². The number of benzene rings is 1. The topological polar surface area (TPSA) is 91.5 Å². The van der Waals surface area contributed by atoms with Crippen LogP contribution >= 0.6 is 0 Å². The van der Waals surface area contributed by atoms with Crippen molar-refractivity contribution in [2.75, 3.05) is 0 Å². The molecular formula is C14H16N2O4. The van der Waals surface area contributed by atoms with Crippen molar-refractivity contribution in [2.45, 2.75) is 26.0 Å². The van der Waals surface area contributed by atoms with E-state index in [1.807, 2.05) is 19.1 Å². The Hall–Kier alpha value is -2.34. The zero-order valence-electron chi connectivity index (χ0n) is 11.1. The molecule has 106 valence electrons. The van der Waals surface area contributed by atoms with Crippen LogP contribution in [0.2, 0.25) is 0 Å². The molecule has 2 rings (SSSR count). The predicted molar refractivity (Wildman–Crippen MR) is 73.5 cm³/mol. The zero-order chi connectivity index (χ0) is 14.5. The molecule has 1 aromatic heterocycles. The molecule has 0 aliphatic rings. The number of rotatable bonds is 6. The van der Waals surface area contributed by atoms with Gasteiger partial charge in [-0.2, -0.15) is 0 Å². The Morgan fingerprint density at radius 1 is 1.25 bits per heavy atom. The molecule has 2 N–H and O–H groups in total. The summed E-state index contributed by atoms with van der Waals surface area (Å²) < 4.78 is 11.1. The normalized spacial score (nSPS) is 12.1. The van der Waals surface area contributed by atoms with Gasteiger partial charge in [0.25, 0.3) is 5.69 Å². The molecule has 6 heteroatoms. The Balaban J connectivity index is 1.91. The van der Waals surface area contributed by atoms with Gasteiger partial charge in [-0.05, 0) is 31.2 Å². The Morgan fingerprint density at radius 3 is 2.50 bits per heavy atom. The van der Waals surface area contributed by atoms with Gasteiger partial charge in [0.15, 0.2) is 0 Å². The smallest absolute Gasteiger partial charge is 0.269 e. The van der Waals surface area contributed by atoms with E-state index in [9.17, 15) is 10.1 Å². The molecule has 6 nitrogen and oxygen atoms in total. The van der Waals surface area contributed by atoms with E-state index in [-0.39, 0.29) is 18.3 Å². The maximum Gasteiger partial charge on any atom is 0.269 e. The van der Waals surface area contributed by atoms with Gasteiger partial charge in [0.2, 0.25) is 0 Å². The van der Waals surface area contributed by atoms with E-state index in [1.54, 1.807) is 12.1 Å². The molecule has 1 atom stereocenters. The maximum absolute atomic E-state index is 10.5.